The van der Waals surface area contributed by atoms with Crippen LogP contribution in [0.3, 0.4) is 0 Å². The molecule has 0 spiro atoms. The molecule has 110 valence electrons. The number of carbonyl (C=O) groups excluding carboxylic acids is 1. The molecular weight excluding hydrogens is 297 g/mol. The molecule has 0 aliphatic heterocycles. The summed E-state index contributed by atoms with van der Waals surface area (Å²) in [6.07, 6.45) is 0.616. The quantitative estimate of drug-likeness (QED) is 0.337. The summed E-state index contributed by atoms with van der Waals surface area (Å²) in [6, 6.07) is 7.04. The van der Waals surface area contributed by atoms with E-state index in [0.717, 1.165) is 6.07 Å². The van der Waals surface area contributed by atoms with Gasteiger partial charge in [-0.05, 0) is 23.9 Å². The van der Waals surface area contributed by atoms with E-state index in [2.05, 4.69) is 0 Å². The van der Waals surface area contributed by atoms with E-state index in [4.69, 9.17) is 4.74 Å². The number of Topliss-reactive ketones (excluding diaryl/α,β-unsaturated/α-hetero) is 1. The van der Waals surface area contributed by atoms with Gasteiger partial charge in [0.15, 0.2) is 11.6 Å². The van der Waals surface area contributed by atoms with Crippen molar-refractivity contribution in [2.45, 2.75) is 12.8 Å². The van der Waals surface area contributed by atoms with Crippen LogP contribution in [0.5, 0.6) is 5.75 Å². The number of hydrogen-bond acceptors (Lipinski definition) is 5. The van der Waals surface area contributed by atoms with Crippen molar-refractivity contribution in [1.29, 1.82) is 0 Å². The standard InChI is InChI=1S/C14H12FNO4S/c15-10-4-1-5-11(16(18)19)14(10)20-8-2-6-12(17)13-7-3-9-21-13/h1,3-5,7,9H,2,6,8H2. The number of hydrogen-bond donors (Lipinski definition) is 0. The van der Waals surface area contributed by atoms with Gasteiger partial charge in [0, 0.05) is 12.5 Å². The second kappa shape index (κ2) is 6.94. The van der Waals surface area contributed by atoms with Gasteiger partial charge in [0.1, 0.15) is 0 Å². The van der Waals surface area contributed by atoms with Crippen molar-refractivity contribution in [3.63, 3.8) is 0 Å². The predicted octanol–water partition coefficient (Wildman–Crippen LogP) is 3.84. The second-order valence-electron chi connectivity index (χ2n) is 4.20. The number of rotatable bonds is 7. The van der Waals surface area contributed by atoms with Gasteiger partial charge >= 0.3 is 5.69 Å². The molecule has 2 rings (SSSR count). The lowest BCUT2D eigenvalue weighted by atomic mass is 10.2. The minimum absolute atomic E-state index is 0.0170. The van der Waals surface area contributed by atoms with Gasteiger partial charge in [-0.1, -0.05) is 12.1 Å². The molecule has 1 aromatic heterocycles. The van der Waals surface area contributed by atoms with Gasteiger partial charge in [0.2, 0.25) is 5.75 Å². The molecule has 1 aromatic carbocycles. The van der Waals surface area contributed by atoms with Gasteiger partial charge < -0.3 is 4.74 Å². The van der Waals surface area contributed by atoms with E-state index < -0.39 is 16.4 Å². The molecule has 0 saturated heterocycles. The minimum Gasteiger partial charge on any atom is -0.485 e. The summed E-state index contributed by atoms with van der Waals surface area (Å²) in [5, 5.41) is 12.6. The van der Waals surface area contributed by atoms with Crippen molar-refractivity contribution in [2.75, 3.05) is 6.61 Å². The van der Waals surface area contributed by atoms with Crippen molar-refractivity contribution >= 4 is 22.8 Å². The number of halogens is 1. The Balaban J connectivity index is 1.89. The maximum absolute atomic E-state index is 13.5. The molecule has 0 radical (unpaired) electrons. The van der Waals surface area contributed by atoms with Gasteiger partial charge in [-0.2, -0.15) is 0 Å². The summed E-state index contributed by atoms with van der Waals surface area (Å²) in [4.78, 5) is 22.5. The Morgan fingerprint density at radius 2 is 2.14 bits per heavy atom. The summed E-state index contributed by atoms with van der Waals surface area (Å²) in [5.74, 6) is -1.18. The normalized spacial score (nSPS) is 10.3. The molecule has 21 heavy (non-hydrogen) atoms. The zero-order valence-electron chi connectivity index (χ0n) is 11.0. The van der Waals surface area contributed by atoms with Crippen LogP contribution in [0.1, 0.15) is 22.5 Å². The van der Waals surface area contributed by atoms with Crippen molar-refractivity contribution < 1.29 is 18.8 Å². The lowest BCUT2D eigenvalue weighted by Gasteiger charge is -2.07. The number of nitro groups is 1. The van der Waals surface area contributed by atoms with E-state index in [1.54, 1.807) is 12.1 Å². The van der Waals surface area contributed by atoms with Crippen LogP contribution >= 0.6 is 11.3 Å². The fraction of sp³-hybridized carbons (Fsp3) is 0.214. The maximum Gasteiger partial charge on any atom is 0.314 e. The fourth-order valence-electron chi connectivity index (χ4n) is 1.75. The summed E-state index contributed by atoms with van der Waals surface area (Å²) in [6.45, 7) is 0.0406. The van der Waals surface area contributed by atoms with E-state index in [0.29, 0.717) is 11.3 Å². The fourth-order valence-corrected chi connectivity index (χ4v) is 2.45. The monoisotopic (exact) mass is 309 g/mol. The maximum atomic E-state index is 13.5. The Kier molecular flexibility index (Phi) is 4.99. The highest BCUT2D eigenvalue weighted by atomic mass is 32.1. The Hall–Kier alpha value is -2.28. The van der Waals surface area contributed by atoms with Crippen LogP contribution in [-0.2, 0) is 0 Å². The van der Waals surface area contributed by atoms with Crippen molar-refractivity contribution in [3.8, 4) is 5.75 Å². The molecular formula is C14H12FNO4S. The Morgan fingerprint density at radius 3 is 2.81 bits per heavy atom. The Bertz CT molecular complexity index is 642. The number of ketones is 1. The molecule has 1 heterocycles. The van der Waals surface area contributed by atoms with Crippen LogP contribution in [0.4, 0.5) is 10.1 Å². The van der Waals surface area contributed by atoms with Crippen LogP contribution in [0.25, 0.3) is 0 Å². The van der Waals surface area contributed by atoms with Gasteiger partial charge in [0.05, 0.1) is 16.4 Å². The van der Waals surface area contributed by atoms with E-state index in [1.165, 1.54) is 23.5 Å². The Morgan fingerprint density at radius 1 is 1.33 bits per heavy atom. The molecule has 7 heteroatoms. The molecule has 2 aromatic rings. The lowest BCUT2D eigenvalue weighted by molar-refractivity contribution is -0.386. The molecule has 0 aliphatic rings. The number of nitrogens with zero attached hydrogens (tertiary/aromatic N) is 1. The van der Waals surface area contributed by atoms with E-state index in [1.807, 2.05) is 5.38 Å². The molecule has 0 aliphatic carbocycles. The molecule has 5 nitrogen and oxygen atoms in total. The summed E-state index contributed by atoms with van der Waals surface area (Å²) < 4.78 is 18.7. The van der Waals surface area contributed by atoms with Crippen LogP contribution in [0.2, 0.25) is 0 Å². The third-order valence-corrected chi connectivity index (χ3v) is 3.64. The number of thiophene rings is 1. The SMILES string of the molecule is O=C(CCCOc1c(F)cccc1[N+](=O)[O-])c1cccs1. The molecule has 0 atom stereocenters. The zero-order valence-corrected chi connectivity index (χ0v) is 11.8. The van der Waals surface area contributed by atoms with Gasteiger partial charge in [0.25, 0.3) is 0 Å². The number of para-hydroxylation sites is 1. The second-order valence-corrected chi connectivity index (χ2v) is 5.15. The van der Waals surface area contributed by atoms with Crippen molar-refractivity contribution in [2.24, 2.45) is 0 Å². The average molecular weight is 309 g/mol. The topological polar surface area (TPSA) is 69.4 Å². The first-order valence-corrected chi connectivity index (χ1v) is 7.10. The number of carbonyl (C=O) groups is 1. The van der Waals surface area contributed by atoms with Crippen LogP contribution < -0.4 is 4.74 Å². The van der Waals surface area contributed by atoms with Crippen LogP contribution in [0, 0.1) is 15.9 Å². The zero-order chi connectivity index (χ0) is 15.2. The van der Waals surface area contributed by atoms with E-state index >= 15 is 0 Å². The first-order chi connectivity index (χ1) is 10.1. The predicted molar refractivity (Wildman–Crippen MR) is 76.4 cm³/mol. The lowest BCUT2D eigenvalue weighted by Crippen LogP contribution is -2.05. The molecule has 0 amide bonds. The average Bonchev–Trinajstić information content (AvgIpc) is 2.98. The molecule has 0 unspecified atom stereocenters. The number of nitro benzene ring substituents is 1. The van der Waals surface area contributed by atoms with E-state index in [9.17, 15) is 19.3 Å². The third-order valence-electron chi connectivity index (χ3n) is 2.73. The Labute approximate surface area is 124 Å². The molecule has 0 fully saturated rings. The van der Waals surface area contributed by atoms with Crippen LogP contribution in [-0.4, -0.2) is 17.3 Å². The van der Waals surface area contributed by atoms with Crippen molar-refractivity contribution in [3.05, 3.63) is 56.5 Å². The highest BCUT2D eigenvalue weighted by Crippen LogP contribution is 2.29. The summed E-state index contributed by atoms with van der Waals surface area (Å²) >= 11 is 1.35. The minimum atomic E-state index is -0.784. The smallest absolute Gasteiger partial charge is 0.314 e. The highest BCUT2D eigenvalue weighted by Gasteiger charge is 2.19. The first kappa shape index (κ1) is 15.1. The van der Waals surface area contributed by atoms with Gasteiger partial charge in [-0.3, -0.25) is 14.9 Å². The molecule has 0 saturated carbocycles. The first-order valence-electron chi connectivity index (χ1n) is 6.22. The molecule has 0 bridgehead atoms. The van der Waals surface area contributed by atoms with Gasteiger partial charge in [-0.15, -0.1) is 11.3 Å². The number of benzene rings is 1. The van der Waals surface area contributed by atoms with Crippen molar-refractivity contribution in [1.82, 2.24) is 0 Å². The van der Waals surface area contributed by atoms with Crippen LogP contribution in [0.15, 0.2) is 35.7 Å². The highest BCUT2D eigenvalue weighted by molar-refractivity contribution is 7.12. The number of ether oxygens (including phenoxy) is 1. The largest absolute Gasteiger partial charge is 0.485 e. The molecule has 0 N–H and O–H groups in total. The summed E-state index contributed by atoms with van der Waals surface area (Å²) in [7, 11) is 0. The third kappa shape index (κ3) is 3.85. The van der Waals surface area contributed by atoms with E-state index in [-0.39, 0.29) is 24.6 Å². The summed E-state index contributed by atoms with van der Waals surface area (Å²) in [5.41, 5.74) is -0.417. The van der Waals surface area contributed by atoms with Gasteiger partial charge in [-0.25, -0.2) is 4.39 Å².